The number of nitrogens with one attached hydrogen (secondary N) is 4. The Kier molecular flexibility index (Phi) is 24.4. The summed E-state index contributed by atoms with van der Waals surface area (Å²) in [7, 11) is -7.51. The molecule has 0 radical (unpaired) electrons. The van der Waals surface area contributed by atoms with Crippen LogP contribution in [0.2, 0.25) is 0 Å². The number of H-pyrrole nitrogens is 2. The Hall–Kier alpha value is -11.0. The summed E-state index contributed by atoms with van der Waals surface area (Å²) in [6, 6.07) is 53.6. The average molecular weight is 1480 g/mol. The molecule has 7 heterocycles. The molecule has 0 saturated heterocycles. The van der Waals surface area contributed by atoms with Crippen LogP contribution in [0.1, 0.15) is 53.0 Å². The number of carbonyl (C=O) groups is 4. The maximum Gasteiger partial charge on any atom is 1.00 e. The van der Waals surface area contributed by atoms with Gasteiger partial charge in [0.1, 0.15) is 48.4 Å². The fourth-order valence-corrected chi connectivity index (χ4v) is 12.4. The third-order valence-electron chi connectivity index (χ3n) is 16.3. The molecular weight excluding hydrogens is 1420 g/mol. The van der Waals surface area contributed by atoms with Crippen LogP contribution < -0.4 is 95.1 Å². The van der Waals surface area contributed by atoms with Crippen LogP contribution in [-0.2, 0) is 54.0 Å². The van der Waals surface area contributed by atoms with Crippen LogP contribution in [0.4, 0.5) is 17.1 Å². The van der Waals surface area contributed by atoms with Crippen LogP contribution in [0.5, 0.6) is 11.6 Å². The summed E-state index contributed by atoms with van der Waals surface area (Å²) in [6.45, 7) is 4.25. The molecule has 28 nitrogen and oxygen atoms in total. The summed E-state index contributed by atoms with van der Waals surface area (Å²) in [5, 5.41) is 35.6. The maximum atomic E-state index is 12.3. The molecule has 0 bridgehead atoms. The first kappa shape index (κ1) is 77.6. The molecule has 8 aromatic carbocycles. The number of carboxylic acids is 2. The van der Waals surface area contributed by atoms with E-state index in [1.165, 1.54) is 53.9 Å². The minimum Gasteiger partial charge on any atom is -0.744 e. The molecule has 12 aromatic rings. The van der Waals surface area contributed by atoms with Crippen molar-refractivity contribution in [2.45, 2.75) is 49.4 Å². The summed E-state index contributed by atoms with van der Waals surface area (Å²) in [4.78, 5) is 86.7. The number of para-hydroxylation sites is 4. The van der Waals surface area contributed by atoms with E-state index in [0.29, 0.717) is 70.8 Å². The van der Waals surface area contributed by atoms with Crippen LogP contribution >= 0.6 is 0 Å². The molecule has 0 saturated carbocycles. The minimum absolute atomic E-state index is 0. The normalized spacial score (nSPS) is 12.1. The summed E-state index contributed by atoms with van der Waals surface area (Å²) >= 11 is 0. The smallest absolute Gasteiger partial charge is 0.744 e. The standard InChI is InChI=1S/C19H13N3O6S2.C16H8N2O5.C16H14N2O3.C13H16N2O2.C10H10N2O.2Na/c23-29(24,25)12-2-1-10-5-11-6-17-19(9-16(11)21-15(10)7-12)20-14-4-3-13(30(26,27)28)8-18(14)22-17;19-9-5-8(16(21)22)18-14-10(20)6-12-15(13(9)14)17-7-3-1-2-4-11(7)23-12;19-15(20)11-21-16-13-8-4-5-9-14(13)18(17-16)10-12-6-2-1-3-7-12;1-9(16)14-6-5-10-8-15-13-4-3-11(17-2)7-12(10)13;1-8-7-10(13)12(11-8)9-5-3-2-4-6-9;;/h1-4,6-9,21H,5H2,(H,23,24,25)(H,26,27,28);1-6H,(H,18,19)(H,21,22);1-9H,10-11H2,(H,19,20);3-4,7-8,15H,5-6H2,1-2H3,(H,14,16);2-6H,7H2,1H3;;/q;;;;;2*+1/p-2. The first-order chi connectivity index (χ1) is 49.8. The SMILES string of the molecule is CC1=NN(c2ccccc2)C(=O)C1.COc1ccc2[nH]cc(CCNC(C)=O)c2c1.O=C(O)COc1nn(Cc2ccccc2)c2ccccc12.O=C(O)c1cc(=O)c2c3nc4ccccc4oc-3cc(=O)c2[nH]1.O=S(=O)([O-])c1ccc2c(c1)Nc1cc3nc4ccc(S(=O)(=O)[O-])cc4nc3cc1C2.[Na+].[Na+]. The van der Waals surface area contributed by atoms with Gasteiger partial charge in [-0.25, -0.2) is 46.4 Å². The van der Waals surface area contributed by atoms with Gasteiger partial charge < -0.3 is 53.8 Å². The average Bonchev–Trinajstić information content (AvgIpc) is 0.813. The maximum absolute atomic E-state index is 12.3. The van der Waals surface area contributed by atoms with Crippen molar-refractivity contribution in [3.63, 3.8) is 0 Å². The number of hydrazone groups is 1. The Morgan fingerprint density at radius 2 is 1.33 bits per heavy atom. The van der Waals surface area contributed by atoms with Crippen LogP contribution in [0.3, 0.4) is 0 Å². The zero-order chi connectivity index (χ0) is 73.6. The Balaban J connectivity index is 0.000000145. The number of hydrogen-bond donors (Lipinski definition) is 6. The van der Waals surface area contributed by atoms with Crippen molar-refractivity contribution in [1.29, 1.82) is 0 Å². The number of aliphatic carboxylic acids is 1. The quantitative estimate of drug-likeness (QED) is 0.0406. The van der Waals surface area contributed by atoms with E-state index in [4.69, 9.17) is 24.1 Å². The van der Waals surface area contributed by atoms with E-state index in [-0.39, 0.29) is 114 Å². The topological polar surface area (TPSA) is 417 Å². The van der Waals surface area contributed by atoms with E-state index in [0.717, 1.165) is 68.1 Å². The molecule has 0 atom stereocenters. The number of aromatic nitrogens is 7. The molecule has 0 spiro atoms. The molecule has 4 aromatic heterocycles. The number of aromatic amines is 2. The number of aromatic carboxylic acids is 1. The summed E-state index contributed by atoms with van der Waals surface area (Å²) in [6.07, 6.45) is 3.70. The van der Waals surface area contributed by atoms with Crippen LogP contribution in [-0.4, -0.2) is 121 Å². The number of rotatable bonds is 13. The first-order valence-corrected chi connectivity index (χ1v) is 34.5. The van der Waals surface area contributed by atoms with Gasteiger partial charge in [-0.1, -0.05) is 78.9 Å². The number of nitrogens with zero attached hydrogens (tertiary/aromatic N) is 7. The van der Waals surface area contributed by atoms with Gasteiger partial charge in [0.25, 0.3) is 5.91 Å². The number of pyridine rings is 1. The Morgan fingerprint density at radius 3 is 2.03 bits per heavy atom. The van der Waals surface area contributed by atoms with E-state index >= 15 is 0 Å². The second-order valence-electron chi connectivity index (χ2n) is 23.6. The molecule has 0 unspecified atom stereocenters. The Morgan fingerprint density at radius 1 is 0.670 bits per heavy atom. The molecule has 6 N–H and O–H groups in total. The molecular formula is C74H59N11Na2O17S2. The number of ether oxygens (including phenoxy) is 2. The molecule has 526 valence electrons. The van der Waals surface area contributed by atoms with Crippen molar-refractivity contribution in [1.82, 2.24) is 40.0 Å². The van der Waals surface area contributed by atoms with E-state index in [9.17, 15) is 54.7 Å². The van der Waals surface area contributed by atoms with Gasteiger partial charge in [0.2, 0.25) is 17.2 Å². The van der Waals surface area contributed by atoms with Gasteiger partial charge in [-0.2, -0.15) is 5.10 Å². The van der Waals surface area contributed by atoms with Crippen molar-refractivity contribution in [3.8, 4) is 23.1 Å². The molecule has 4 aliphatic rings. The minimum atomic E-state index is -4.60. The fraction of sp³-hybridized carbons (Fsp3) is 0.122. The van der Waals surface area contributed by atoms with Crippen molar-refractivity contribution in [3.05, 3.63) is 243 Å². The van der Waals surface area contributed by atoms with Crippen molar-refractivity contribution >= 4 is 133 Å². The molecule has 16 rings (SSSR count). The second kappa shape index (κ2) is 33.4. The third kappa shape index (κ3) is 18.2. The van der Waals surface area contributed by atoms with Gasteiger partial charge in [0, 0.05) is 66.2 Å². The number of carbonyl (C=O) groups excluding carboxylic acids is 2. The van der Waals surface area contributed by atoms with Gasteiger partial charge in [-0.05, 0) is 133 Å². The summed E-state index contributed by atoms with van der Waals surface area (Å²) < 4.78 is 85.6. The van der Waals surface area contributed by atoms with Gasteiger partial charge in [0.15, 0.2) is 23.4 Å². The van der Waals surface area contributed by atoms with Crippen molar-refractivity contribution in [2.75, 3.05) is 30.6 Å². The van der Waals surface area contributed by atoms with Crippen molar-refractivity contribution in [2.24, 2.45) is 5.10 Å². The number of fused-ring (bicyclic) bond motifs is 10. The van der Waals surface area contributed by atoms with E-state index < -0.39 is 49.6 Å². The van der Waals surface area contributed by atoms with Gasteiger partial charge in [0.05, 0.1) is 73.9 Å². The largest absolute Gasteiger partial charge is 1.00 e. The monoisotopic (exact) mass is 1480 g/mol. The van der Waals surface area contributed by atoms with Gasteiger partial charge in [-0.15, -0.1) is 5.10 Å². The number of hydrogen-bond acceptors (Lipinski definition) is 21. The number of benzene rings is 9. The number of anilines is 3. The van der Waals surface area contributed by atoms with E-state index in [2.05, 4.69) is 45.8 Å². The van der Waals surface area contributed by atoms with Crippen LogP contribution in [0, 0.1) is 0 Å². The van der Waals surface area contributed by atoms with Crippen LogP contribution in [0.15, 0.2) is 223 Å². The van der Waals surface area contributed by atoms with Gasteiger partial charge >= 0.3 is 71.1 Å². The third-order valence-corrected chi connectivity index (χ3v) is 17.9. The summed E-state index contributed by atoms with van der Waals surface area (Å²) in [5.41, 5.74) is 10.3. The molecule has 106 heavy (non-hydrogen) atoms. The fourth-order valence-electron chi connectivity index (χ4n) is 11.4. The molecule has 32 heteroatoms. The van der Waals surface area contributed by atoms with E-state index in [1.807, 2.05) is 121 Å². The van der Waals surface area contributed by atoms with Gasteiger partial charge in [-0.3, -0.25) is 23.9 Å². The molecule has 3 aliphatic heterocycles. The number of amides is 2. The Labute approximate surface area is 646 Å². The second-order valence-corrected chi connectivity index (χ2v) is 26.3. The number of carboxylic acid groups (broad SMARTS) is 2. The summed E-state index contributed by atoms with van der Waals surface area (Å²) in [5.74, 6) is -0.918. The van der Waals surface area contributed by atoms with Crippen LogP contribution in [0.25, 0.3) is 77.3 Å². The molecule has 0 fully saturated rings. The number of methoxy groups -OCH3 is 1. The van der Waals surface area contributed by atoms with Crippen molar-refractivity contribution < 1.29 is 128 Å². The first-order valence-electron chi connectivity index (χ1n) is 31.7. The predicted molar refractivity (Wildman–Crippen MR) is 385 cm³/mol. The zero-order valence-electron chi connectivity index (χ0n) is 57.2. The molecule has 2 amide bonds. The predicted octanol–water partition coefficient (Wildman–Crippen LogP) is 4.28. The molecule has 1 aliphatic carbocycles. The Bertz CT molecular complexity index is 6080. The zero-order valence-corrected chi connectivity index (χ0v) is 62.8. The van der Waals surface area contributed by atoms with E-state index in [1.54, 1.807) is 49.6 Å².